The molecular weight excluding hydrogens is 283 g/mol. The molecule has 19 heavy (non-hydrogen) atoms. The fourth-order valence-corrected chi connectivity index (χ4v) is 2.54. The molecular formula is C14H10Cl2N2O. The quantitative estimate of drug-likeness (QED) is 0.848. The summed E-state index contributed by atoms with van der Waals surface area (Å²) in [4.78, 5) is 4.20. The summed E-state index contributed by atoms with van der Waals surface area (Å²) < 4.78 is 0. The molecule has 0 bridgehead atoms. The standard InChI is InChI=1S/C14H10Cl2N2O/c15-9-3-1-8(2-4-9)14(19)11-7-10(16)5-6-12(11)18-13(14)17/h1-7,19H,(H2,17,18). The first-order chi connectivity index (χ1) is 9.01. The van der Waals surface area contributed by atoms with Crippen LogP contribution in [0.3, 0.4) is 0 Å². The minimum atomic E-state index is -1.45. The van der Waals surface area contributed by atoms with Crippen molar-refractivity contribution in [2.24, 2.45) is 10.7 Å². The topological polar surface area (TPSA) is 58.6 Å². The van der Waals surface area contributed by atoms with Crippen LogP contribution in [0, 0.1) is 0 Å². The molecule has 0 saturated heterocycles. The molecule has 3 N–H and O–H groups in total. The maximum absolute atomic E-state index is 10.9. The highest BCUT2D eigenvalue weighted by Gasteiger charge is 2.42. The van der Waals surface area contributed by atoms with Gasteiger partial charge >= 0.3 is 0 Å². The number of hydrogen-bond acceptors (Lipinski definition) is 3. The van der Waals surface area contributed by atoms with Gasteiger partial charge in [-0.1, -0.05) is 35.3 Å². The zero-order valence-corrected chi connectivity index (χ0v) is 11.3. The second-order valence-corrected chi connectivity index (χ2v) is 5.25. The normalized spacial score (nSPS) is 21.1. The minimum absolute atomic E-state index is 0.132. The SMILES string of the molecule is NC1=Nc2ccc(Cl)cc2C1(O)c1ccc(Cl)cc1. The number of nitrogens with zero attached hydrogens (tertiary/aromatic N) is 1. The molecule has 1 atom stereocenters. The van der Waals surface area contributed by atoms with Crippen molar-refractivity contribution < 1.29 is 5.11 Å². The molecule has 2 aromatic carbocycles. The molecule has 0 radical (unpaired) electrons. The zero-order valence-electron chi connectivity index (χ0n) is 9.77. The first-order valence-corrected chi connectivity index (χ1v) is 6.40. The Morgan fingerprint density at radius 3 is 2.32 bits per heavy atom. The molecule has 3 rings (SSSR count). The lowest BCUT2D eigenvalue weighted by molar-refractivity contribution is 0.158. The van der Waals surface area contributed by atoms with Crippen LogP contribution in [-0.4, -0.2) is 10.9 Å². The van der Waals surface area contributed by atoms with Crippen LogP contribution < -0.4 is 5.73 Å². The van der Waals surface area contributed by atoms with E-state index < -0.39 is 5.60 Å². The van der Waals surface area contributed by atoms with Gasteiger partial charge in [0.2, 0.25) is 0 Å². The molecule has 2 aromatic rings. The average molecular weight is 293 g/mol. The summed E-state index contributed by atoms with van der Waals surface area (Å²) >= 11 is 11.8. The Kier molecular flexibility index (Phi) is 2.78. The molecule has 1 aliphatic heterocycles. The average Bonchev–Trinajstić information content (AvgIpc) is 2.64. The van der Waals surface area contributed by atoms with Gasteiger partial charge in [-0.15, -0.1) is 0 Å². The van der Waals surface area contributed by atoms with Crippen LogP contribution in [-0.2, 0) is 5.60 Å². The highest BCUT2D eigenvalue weighted by Crippen LogP contribution is 2.42. The first-order valence-electron chi connectivity index (χ1n) is 5.65. The van der Waals surface area contributed by atoms with Crippen molar-refractivity contribution in [1.82, 2.24) is 0 Å². The number of amidine groups is 1. The van der Waals surface area contributed by atoms with Gasteiger partial charge in [0.05, 0.1) is 5.69 Å². The Balaban J connectivity index is 2.22. The minimum Gasteiger partial charge on any atom is -0.384 e. The Morgan fingerprint density at radius 1 is 1.00 bits per heavy atom. The van der Waals surface area contributed by atoms with E-state index >= 15 is 0 Å². The van der Waals surface area contributed by atoms with E-state index in [0.717, 1.165) is 0 Å². The van der Waals surface area contributed by atoms with Crippen molar-refractivity contribution in [3.05, 3.63) is 63.6 Å². The summed E-state index contributed by atoms with van der Waals surface area (Å²) in [7, 11) is 0. The molecule has 0 saturated carbocycles. The van der Waals surface area contributed by atoms with Crippen LogP contribution in [0.15, 0.2) is 47.5 Å². The summed E-state index contributed by atoms with van der Waals surface area (Å²) in [6.07, 6.45) is 0. The van der Waals surface area contributed by atoms with Crippen molar-refractivity contribution in [2.45, 2.75) is 5.60 Å². The zero-order chi connectivity index (χ0) is 13.6. The predicted octanol–water partition coefficient (Wildman–Crippen LogP) is 3.23. The van der Waals surface area contributed by atoms with Crippen molar-refractivity contribution in [3.63, 3.8) is 0 Å². The van der Waals surface area contributed by atoms with E-state index in [1.54, 1.807) is 42.5 Å². The third kappa shape index (κ3) is 1.82. The van der Waals surface area contributed by atoms with Gasteiger partial charge in [-0.2, -0.15) is 0 Å². The van der Waals surface area contributed by atoms with Crippen LogP contribution in [0.2, 0.25) is 10.0 Å². The maximum atomic E-state index is 10.9. The fourth-order valence-electron chi connectivity index (χ4n) is 2.24. The molecule has 0 aromatic heterocycles. The van der Waals surface area contributed by atoms with Gasteiger partial charge in [0.15, 0.2) is 5.60 Å². The predicted molar refractivity (Wildman–Crippen MR) is 77.2 cm³/mol. The van der Waals surface area contributed by atoms with Crippen LogP contribution >= 0.6 is 23.2 Å². The number of nitrogens with two attached hydrogens (primary N) is 1. The van der Waals surface area contributed by atoms with E-state index in [0.29, 0.717) is 26.9 Å². The highest BCUT2D eigenvalue weighted by atomic mass is 35.5. The highest BCUT2D eigenvalue weighted by molar-refractivity contribution is 6.31. The molecule has 96 valence electrons. The number of halogens is 2. The number of hydrogen-bond donors (Lipinski definition) is 2. The van der Waals surface area contributed by atoms with Crippen LogP contribution in [0.5, 0.6) is 0 Å². The lowest BCUT2D eigenvalue weighted by atomic mass is 9.86. The molecule has 0 aliphatic carbocycles. The van der Waals surface area contributed by atoms with Crippen molar-refractivity contribution in [2.75, 3.05) is 0 Å². The van der Waals surface area contributed by atoms with Gasteiger partial charge in [-0.05, 0) is 35.9 Å². The smallest absolute Gasteiger partial charge is 0.174 e. The van der Waals surface area contributed by atoms with E-state index in [1.807, 2.05) is 0 Å². The van der Waals surface area contributed by atoms with Crippen LogP contribution in [0.1, 0.15) is 11.1 Å². The summed E-state index contributed by atoms with van der Waals surface area (Å²) in [5.74, 6) is 0.132. The second-order valence-electron chi connectivity index (χ2n) is 4.38. The van der Waals surface area contributed by atoms with Gasteiger partial charge in [-0.3, -0.25) is 0 Å². The van der Waals surface area contributed by atoms with Crippen LogP contribution in [0.4, 0.5) is 5.69 Å². The van der Waals surface area contributed by atoms with Crippen molar-refractivity contribution >= 4 is 34.7 Å². The Hall–Kier alpha value is -1.55. The van der Waals surface area contributed by atoms with Gasteiger partial charge in [0.25, 0.3) is 0 Å². The van der Waals surface area contributed by atoms with Gasteiger partial charge < -0.3 is 10.8 Å². The van der Waals surface area contributed by atoms with Gasteiger partial charge in [0.1, 0.15) is 5.84 Å². The Labute approximate surface area is 120 Å². The number of aliphatic hydroxyl groups is 1. The van der Waals surface area contributed by atoms with Crippen molar-refractivity contribution in [3.8, 4) is 0 Å². The summed E-state index contributed by atoms with van der Waals surface area (Å²) in [5.41, 5.74) is 6.27. The largest absolute Gasteiger partial charge is 0.384 e. The van der Waals surface area contributed by atoms with Gasteiger partial charge in [-0.25, -0.2) is 4.99 Å². The fraction of sp³-hybridized carbons (Fsp3) is 0.0714. The maximum Gasteiger partial charge on any atom is 0.174 e. The number of benzene rings is 2. The number of aliphatic imine (C=N–C) groups is 1. The summed E-state index contributed by atoms with van der Waals surface area (Å²) in [5, 5.41) is 12.1. The molecule has 0 fully saturated rings. The summed E-state index contributed by atoms with van der Waals surface area (Å²) in [6.45, 7) is 0. The third-order valence-electron chi connectivity index (χ3n) is 3.22. The van der Waals surface area contributed by atoms with Crippen LogP contribution in [0.25, 0.3) is 0 Å². The van der Waals surface area contributed by atoms with E-state index in [2.05, 4.69) is 4.99 Å². The van der Waals surface area contributed by atoms with E-state index in [-0.39, 0.29) is 5.84 Å². The molecule has 1 aliphatic rings. The number of fused-ring (bicyclic) bond motifs is 1. The van der Waals surface area contributed by atoms with Crippen molar-refractivity contribution in [1.29, 1.82) is 0 Å². The van der Waals surface area contributed by atoms with E-state index in [1.165, 1.54) is 0 Å². The molecule has 1 unspecified atom stereocenters. The monoisotopic (exact) mass is 292 g/mol. The molecule has 5 heteroatoms. The molecule has 3 nitrogen and oxygen atoms in total. The number of rotatable bonds is 1. The Bertz CT molecular complexity index is 682. The second kappa shape index (κ2) is 4.23. The first kappa shape index (κ1) is 12.5. The van der Waals surface area contributed by atoms with Gasteiger partial charge in [0, 0.05) is 15.6 Å². The Morgan fingerprint density at radius 2 is 1.63 bits per heavy atom. The molecule has 0 amide bonds. The third-order valence-corrected chi connectivity index (χ3v) is 3.71. The lowest BCUT2D eigenvalue weighted by Crippen LogP contribution is -2.39. The molecule has 0 spiro atoms. The summed E-state index contributed by atoms with van der Waals surface area (Å²) in [6, 6.07) is 12.0. The van der Waals surface area contributed by atoms with E-state index in [4.69, 9.17) is 28.9 Å². The molecule has 1 heterocycles. The van der Waals surface area contributed by atoms with E-state index in [9.17, 15) is 5.11 Å². The lowest BCUT2D eigenvalue weighted by Gasteiger charge is -2.24.